The van der Waals surface area contributed by atoms with Crippen molar-refractivity contribution in [1.82, 2.24) is 0 Å². The number of hydrogen-bond donors (Lipinski definition) is 1. The van der Waals surface area contributed by atoms with Gasteiger partial charge in [-0.1, -0.05) is 23.7 Å². The van der Waals surface area contributed by atoms with Crippen molar-refractivity contribution in [2.45, 2.75) is 12.3 Å². The molecule has 0 radical (unpaired) electrons. The van der Waals surface area contributed by atoms with Crippen molar-refractivity contribution in [2.75, 3.05) is 0 Å². The molecule has 2 aromatic carbocycles. The Morgan fingerprint density at radius 3 is 2.15 bits per heavy atom. The van der Waals surface area contributed by atoms with Crippen molar-refractivity contribution in [2.24, 2.45) is 0 Å². The predicted octanol–water partition coefficient (Wildman–Crippen LogP) is 4.58. The van der Waals surface area contributed by atoms with Gasteiger partial charge in [0.1, 0.15) is 11.9 Å². The molecule has 106 valence electrons. The van der Waals surface area contributed by atoms with Gasteiger partial charge in [-0.15, -0.1) is 0 Å². The second kappa shape index (κ2) is 5.42. The van der Waals surface area contributed by atoms with E-state index in [4.69, 9.17) is 11.6 Å². The first-order valence-corrected chi connectivity index (χ1v) is 5.97. The molecule has 1 nitrogen and oxygen atoms in total. The summed E-state index contributed by atoms with van der Waals surface area (Å²) in [6.45, 7) is 0. The maximum Gasteiger partial charge on any atom is 0.416 e. The van der Waals surface area contributed by atoms with E-state index in [1.807, 2.05) is 0 Å². The average Bonchev–Trinajstić information content (AvgIpc) is 2.40. The van der Waals surface area contributed by atoms with E-state index in [0.29, 0.717) is 0 Å². The van der Waals surface area contributed by atoms with Gasteiger partial charge < -0.3 is 5.11 Å². The standard InChI is InChI=1S/C14H9ClF4O/c15-12-6-5-10(16)7-11(12)13(20)8-1-3-9(4-2-8)14(17,18)19/h1-7,13,20H. The van der Waals surface area contributed by atoms with Gasteiger partial charge in [-0.3, -0.25) is 0 Å². The molecule has 20 heavy (non-hydrogen) atoms. The van der Waals surface area contributed by atoms with Gasteiger partial charge in [-0.05, 0) is 35.9 Å². The fourth-order valence-corrected chi connectivity index (χ4v) is 1.98. The molecule has 0 aromatic heterocycles. The summed E-state index contributed by atoms with van der Waals surface area (Å²) in [6, 6.07) is 7.43. The molecule has 0 bridgehead atoms. The van der Waals surface area contributed by atoms with Crippen molar-refractivity contribution in [3.63, 3.8) is 0 Å². The summed E-state index contributed by atoms with van der Waals surface area (Å²) in [5, 5.41) is 10.2. The quantitative estimate of drug-likeness (QED) is 0.805. The summed E-state index contributed by atoms with van der Waals surface area (Å²) in [6.07, 6.45) is -5.74. The zero-order valence-electron chi connectivity index (χ0n) is 9.96. The van der Waals surface area contributed by atoms with Gasteiger partial charge in [0.05, 0.1) is 5.56 Å². The van der Waals surface area contributed by atoms with Crippen LogP contribution < -0.4 is 0 Å². The Bertz CT molecular complexity index is 608. The van der Waals surface area contributed by atoms with Crippen molar-refractivity contribution < 1.29 is 22.7 Å². The van der Waals surface area contributed by atoms with E-state index >= 15 is 0 Å². The van der Waals surface area contributed by atoms with Crippen LogP contribution in [0.25, 0.3) is 0 Å². The van der Waals surface area contributed by atoms with Crippen molar-refractivity contribution in [3.8, 4) is 0 Å². The molecule has 2 rings (SSSR count). The summed E-state index contributed by atoms with van der Waals surface area (Å²) in [5.74, 6) is -0.588. The summed E-state index contributed by atoms with van der Waals surface area (Å²) in [5.41, 5.74) is -0.518. The van der Waals surface area contributed by atoms with Crippen LogP contribution in [0.5, 0.6) is 0 Å². The Morgan fingerprint density at radius 2 is 1.60 bits per heavy atom. The fourth-order valence-electron chi connectivity index (χ4n) is 1.76. The zero-order chi connectivity index (χ0) is 14.9. The molecule has 0 aliphatic rings. The molecule has 0 amide bonds. The first-order chi connectivity index (χ1) is 9.29. The smallest absolute Gasteiger partial charge is 0.384 e. The molecule has 0 saturated heterocycles. The zero-order valence-corrected chi connectivity index (χ0v) is 10.7. The molecule has 1 N–H and O–H groups in total. The number of benzene rings is 2. The molecule has 0 spiro atoms. The summed E-state index contributed by atoms with van der Waals surface area (Å²) in [7, 11) is 0. The highest BCUT2D eigenvalue weighted by Gasteiger charge is 2.30. The lowest BCUT2D eigenvalue weighted by Crippen LogP contribution is -2.06. The molecule has 1 atom stereocenters. The van der Waals surface area contributed by atoms with Crippen LogP contribution in [-0.4, -0.2) is 5.11 Å². The molecule has 2 aromatic rings. The normalized spacial score (nSPS) is 13.3. The number of aliphatic hydroxyl groups is 1. The van der Waals surface area contributed by atoms with Crippen molar-refractivity contribution in [1.29, 1.82) is 0 Å². The van der Waals surface area contributed by atoms with E-state index in [-0.39, 0.29) is 16.1 Å². The van der Waals surface area contributed by atoms with Gasteiger partial charge in [0.25, 0.3) is 0 Å². The SMILES string of the molecule is OC(c1ccc(C(F)(F)F)cc1)c1cc(F)ccc1Cl. The van der Waals surface area contributed by atoms with Crippen LogP contribution in [0.2, 0.25) is 5.02 Å². The monoisotopic (exact) mass is 304 g/mol. The van der Waals surface area contributed by atoms with Gasteiger partial charge in [0, 0.05) is 10.6 Å². The van der Waals surface area contributed by atoms with Crippen LogP contribution in [-0.2, 0) is 6.18 Å². The van der Waals surface area contributed by atoms with Gasteiger partial charge in [-0.2, -0.15) is 13.2 Å². The minimum Gasteiger partial charge on any atom is -0.384 e. The topological polar surface area (TPSA) is 20.2 Å². The summed E-state index contributed by atoms with van der Waals surface area (Å²) < 4.78 is 50.4. The summed E-state index contributed by atoms with van der Waals surface area (Å²) >= 11 is 5.84. The Labute approximate surface area is 117 Å². The maximum absolute atomic E-state index is 13.1. The minimum atomic E-state index is -4.44. The second-order valence-corrected chi connectivity index (χ2v) is 4.60. The van der Waals surface area contributed by atoms with Crippen LogP contribution in [0, 0.1) is 5.82 Å². The summed E-state index contributed by atoms with van der Waals surface area (Å²) in [4.78, 5) is 0. The Balaban J connectivity index is 2.34. The molecular formula is C14H9ClF4O. The van der Waals surface area contributed by atoms with Crippen LogP contribution in [0.4, 0.5) is 17.6 Å². The predicted molar refractivity (Wildman–Crippen MR) is 66.9 cm³/mol. The van der Waals surface area contributed by atoms with E-state index in [1.165, 1.54) is 6.07 Å². The first-order valence-electron chi connectivity index (χ1n) is 5.59. The first kappa shape index (κ1) is 14.8. The second-order valence-electron chi connectivity index (χ2n) is 4.19. The maximum atomic E-state index is 13.1. The highest BCUT2D eigenvalue weighted by molar-refractivity contribution is 6.31. The molecule has 0 aliphatic heterocycles. The fraction of sp³-hybridized carbons (Fsp3) is 0.143. The third kappa shape index (κ3) is 3.11. The number of alkyl halides is 3. The lowest BCUT2D eigenvalue weighted by Gasteiger charge is -2.14. The van der Waals surface area contributed by atoms with Crippen molar-refractivity contribution >= 4 is 11.6 Å². The van der Waals surface area contributed by atoms with E-state index in [9.17, 15) is 22.7 Å². The van der Waals surface area contributed by atoms with Gasteiger partial charge in [0.2, 0.25) is 0 Å². The third-order valence-corrected chi connectivity index (χ3v) is 3.15. The molecular weight excluding hydrogens is 296 g/mol. The molecule has 0 heterocycles. The van der Waals surface area contributed by atoms with E-state index in [0.717, 1.165) is 36.4 Å². The molecule has 1 unspecified atom stereocenters. The third-order valence-electron chi connectivity index (χ3n) is 2.81. The number of rotatable bonds is 2. The van der Waals surface area contributed by atoms with Crippen molar-refractivity contribution in [3.05, 3.63) is 70.0 Å². The lowest BCUT2D eigenvalue weighted by atomic mass is 10.00. The van der Waals surface area contributed by atoms with E-state index in [1.54, 1.807) is 0 Å². The Kier molecular flexibility index (Phi) is 4.01. The van der Waals surface area contributed by atoms with Gasteiger partial charge in [0.15, 0.2) is 0 Å². The Morgan fingerprint density at radius 1 is 1.00 bits per heavy atom. The van der Waals surface area contributed by atoms with E-state index in [2.05, 4.69) is 0 Å². The molecule has 0 saturated carbocycles. The van der Waals surface area contributed by atoms with Crippen LogP contribution in [0.1, 0.15) is 22.8 Å². The minimum absolute atomic E-state index is 0.103. The highest BCUT2D eigenvalue weighted by atomic mass is 35.5. The highest BCUT2D eigenvalue weighted by Crippen LogP contribution is 2.32. The van der Waals surface area contributed by atoms with Gasteiger partial charge in [-0.25, -0.2) is 4.39 Å². The van der Waals surface area contributed by atoms with E-state index < -0.39 is 23.7 Å². The van der Waals surface area contributed by atoms with Crippen LogP contribution >= 0.6 is 11.6 Å². The number of hydrogen-bond acceptors (Lipinski definition) is 1. The van der Waals surface area contributed by atoms with Crippen LogP contribution in [0.3, 0.4) is 0 Å². The number of halogens is 5. The van der Waals surface area contributed by atoms with Gasteiger partial charge >= 0.3 is 6.18 Å². The molecule has 0 fully saturated rings. The average molecular weight is 305 g/mol. The molecule has 6 heteroatoms. The largest absolute Gasteiger partial charge is 0.416 e. The van der Waals surface area contributed by atoms with Crippen LogP contribution in [0.15, 0.2) is 42.5 Å². The number of aliphatic hydroxyl groups excluding tert-OH is 1. The lowest BCUT2D eigenvalue weighted by molar-refractivity contribution is -0.137. The Hall–Kier alpha value is -1.59. The molecule has 0 aliphatic carbocycles.